The Morgan fingerprint density at radius 2 is 1.58 bits per heavy atom. The summed E-state index contributed by atoms with van der Waals surface area (Å²) in [5.41, 5.74) is 0.458. The van der Waals surface area contributed by atoms with Crippen molar-refractivity contribution in [3.05, 3.63) is 77.7 Å². The predicted octanol–water partition coefficient (Wildman–Crippen LogP) is 4.96. The molecule has 0 spiro atoms. The first-order valence-electron chi connectivity index (χ1n) is 7.92. The average molecular weight is 361 g/mol. The molecule has 1 N–H and O–H groups in total. The third kappa shape index (κ3) is 4.56. The number of anilines is 1. The zero-order chi connectivity index (χ0) is 18.6. The number of nitrogens with one attached hydrogen (secondary N) is 1. The van der Waals surface area contributed by atoms with Crippen molar-refractivity contribution in [3.63, 3.8) is 0 Å². The molecule has 0 fully saturated rings. The van der Waals surface area contributed by atoms with Gasteiger partial charge in [-0.25, -0.2) is 14.4 Å². The average Bonchev–Trinajstić information content (AvgIpc) is 2.62. The third-order valence-electron chi connectivity index (χ3n) is 3.70. The highest BCUT2D eigenvalue weighted by Crippen LogP contribution is 2.31. The molecule has 2 aromatic carbocycles. The first kappa shape index (κ1) is 17.8. The fraction of sp³-hybridized carbons (Fsp3) is 0.158. The molecule has 0 saturated heterocycles. The number of nitrogens with zero attached hydrogens (tertiary/aromatic N) is 2. The van der Waals surface area contributed by atoms with E-state index in [4.69, 9.17) is 0 Å². The first-order valence-corrected chi connectivity index (χ1v) is 7.92. The fourth-order valence-electron chi connectivity index (χ4n) is 2.40. The number of hydrogen-bond acceptors (Lipinski definition) is 3. The quantitative estimate of drug-likeness (QED) is 0.653. The summed E-state index contributed by atoms with van der Waals surface area (Å²) in [6.45, 7) is 0.383. The maximum absolute atomic E-state index is 13.1. The van der Waals surface area contributed by atoms with Crippen LogP contribution in [0, 0.1) is 5.82 Å². The number of aromatic nitrogens is 2. The number of hydrogen-bond donors (Lipinski definition) is 1. The Labute approximate surface area is 147 Å². The SMILES string of the molecule is Fc1ccc(-c2cc(C(F)(F)F)nc(NCCc3ccccc3)n2)cc1. The van der Waals surface area contributed by atoms with Crippen LogP contribution in [0.2, 0.25) is 0 Å². The van der Waals surface area contributed by atoms with Crippen molar-refractivity contribution in [3.8, 4) is 11.3 Å². The first-order chi connectivity index (χ1) is 12.4. The van der Waals surface area contributed by atoms with Gasteiger partial charge in [-0.1, -0.05) is 30.3 Å². The summed E-state index contributed by atoms with van der Waals surface area (Å²) < 4.78 is 52.5. The topological polar surface area (TPSA) is 37.8 Å². The molecule has 1 aromatic heterocycles. The summed E-state index contributed by atoms with van der Waals surface area (Å²) in [5.74, 6) is -0.588. The minimum Gasteiger partial charge on any atom is -0.354 e. The molecule has 0 aliphatic heterocycles. The van der Waals surface area contributed by atoms with Crippen molar-refractivity contribution in [1.29, 1.82) is 0 Å². The van der Waals surface area contributed by atoms with Gasteiger partial charge in [-0.15, -0.1) is 0 Å². The molecule has 0 aliphatic carbocycles. The van der Waals surface area contributed by atoms with Crippen LogP contribution >= 0.6 is 0 Å². The maximum Gasteiger partial charge on any atom is 0.433 e. The summed E-state index contributed by atoms with van der Waals surface area (Å²) in [6, 6.07) is 15.5. The van der Waals surface area contributed by atoms with Gasteiger partial charge in [0.25, 0.3) is 0 Å². The lowest BCUT2D eigenvalue weighted by molar-refractivity contribution is -0.141. The molecule has 0 bridgehead atoms. The van der Waals surface area contributed by atoms with Gasteiger partial charge < -0.3 is 5.32 Å². The smallest absolute Gasteiger partial charge is 0.354 e. The molecular formula is C19H15F4N3. The molecule has 3 nitrogen and oxygen atoms in total. The van der Waals surface area contributed by atoms with Gasteiger partial charge in [-0.3, -0.25) is 0 Å². The third-order valence-corrected chi connectivity index (χ3v) is 3.70. The highest BCUT2D eigenvalue weighted by molar-refractivity contribution is 5.61. The molecule has 7 heteroatoms. The Hall–Kier alpha value is -2.96. The lowest BCUT2D eigenvalue weighted by atomic mass is 10.1. The van der Waals surface area contributed by atoms with Gasteiger partial charge in [-0.2, -0.15) is 13.2 Å². The summed E-state index contributed by atoms with van der Waals surface area (Å²) in [7, 11) is 0. The van der Waals surface area contributed by atoms with E-state index in [0.717, 1.165) is 11.6 Å². The van der Waals surface area contributed by atoms with E-state index in [1.165, 1.54) is 24.3 Å². The second kappa shape index (κ2) is 7.51. The monoisotopic (exact) mass is 361 g/mol. The number of benzene rings is 2. The molecule has 26 heavy (non-hydrogen) atoms. The van der Waals surface area contributed by atoms with Crippen molar-refractivity contribution >= 4 is 5.95 Å². The van der Waals surface area contributed by atoms with E-state index in [-0.39, 0.29) is 11.6 Å². The van der Waals surface area contributed by atoms with E-state index in [9.17, 15) is 17.6 Å². The van der Waals surface area contributed by atoms with Crippen molar-refractivity contribution in [2.45, 2.75) is 12.6 Å². The predicted molar refractivity (Wildman–Crippen MR) is 91.1 cm³/mol. The highest BCUT2D eigenvalue weighted by atomic mass is 19.4. The largest absolute Gasteiger partial charge is 0.433 e. The molecule has 134 valence electrons. The van der Waals surface area contributed by atoms with Crippen molar-refractivity contribution in [2.24, 2.45) is 0 Å². The zero-order valence-electron chi connectivity index (χ0n) is 13.6. The molecular weight excluding hydrogens is 346 g/mol. The van der Waals surface area contributed by atoms with Crippen molar-refractivity contribution < 1.29 is 17.6 Å². The molecule has 0 radical (unpaired) electrons. The molecule has 0 aliphatic rings. The molecule has 0 atom stereocenters. The standard InChI is InChI=1S/C19H15F4N3/c20-15-8-6-14(7-9-15)16-12-17(19(21,22)23)26-18(25-16)24-11-10-13-4-2-1-3-5-13/h1-9,12H,10-11H2,(H,24,25,26). The van der Waals surface area contributed by atoms with Crippen LogP contribution in [0.3, 0.4) is 0 Å². The van der Waals surface area contributed by atoms with Crippen LogP contribution in [0.15, 0.2) is 60.7 Å². The molecule has 3 rings (SSSR count). The van der Waals surface area contributed by atoms with Crippen molar-refractivity contribution in [2.75, 3.05) is 11.9 Å². The van der Waals surface area contributed by atoms with Crippen LogP contribution in [0.4, 0.5) is 23.5 Å². The number of alkyl halides is 3. The van der Waals surface area contributed by atoms with Gasteiger partial charge in [0.15, 0.2) is 5.69 Å². The summed E-state index contributed by atoms with van der Waals surface area (Å²) >= 11 is 0. The van der Waals surface area contributed by atoms with Crippen LogP contribution in [0.25, 0.3) is 11.3 Å². The zero-order valence-corrected chi connectivity index (χ0v) is 13.6. The van der Waals surface area contributed by atoms with E-state index < -0.39 is 17.7 Å². The molecule has 0 saturated carbocycles. The van der Waals surface area contributed by atoms with E-state index in [1.807, 2.05) is 30.3 Å². The van der Waals surface area contributed by atoms with Gasteiger partial charge in [0.2, 0.25) is 5.95 Å². The minimum absolute atomic E-state index is 0.0783. The maximum atomic E-state index is 13.1. The Balaban J connectivity index is 1.84. The number of rotatable bonds is 5. The molecule has 1 heterocycles. The summed E-state index contributed by atoms with van der Waals surface area (Å²) in [4.78, 5) is 7.69. The van der Waals surface area contributed by atoms with Gasteiger partial charge in [0, 0.05) is 12.1 Å². The lowest BCUT2D eigenvalue weighted by Gasteiger charge is -2.12. The number of halogens is 4. The van der Waals surface area contributed by atoms with Crippen LogP contribution in [-0.2, 0) is 12.6 Å². The van der Waals surface area contributed by atoms with Crippen molar-refractivity contribution in [1.82, 2.24) is 9.97 Å². The Kier molecular flexibility index (Phi) is 5.16. The molecule has 0 unspecified atom stereocenters. The lowest BCUT2D eigenvalue weighted by Crippen LogP contribution is -2.14. The molecule has 3 aromatic rings. The fourth-order valence-corrected chi connectivity index (χ4v) is 2.40. The molecule has 0 amide bonds. The van der Waals surface area contributed by atoms with Crippen LogP contribution in [-0.4, -0.2) is 16.5 Å². The van der Waals surface area contributed by atoms with Crippen LogP contribution in [0.5, 0.6) is 0 Å². The normalized spacial score (nSPS) is 11.4. The van der Waals surface area contributed by atoms with Gasteiger partial charge in [-0.05, 0) is 42.3 Å². The van der Waals surface area contributed by atoms with Crippen LogP contribution < -0.4 is 5.32 Å². The Bertz CT molecular complexity index is 862. The summed E-state index contributed by atoms with van der Waals surface area (Å²) in [5, 5.41) is 2.83. The van der Waals surface area contributed by atoms with Gasteiger partial charge >= 0.3 is 6.18 Å². The van der Waals surface area contributed by atoms with Gasteiger partial charge in [0.05, 0.1) is 5.69 Å². The Morgan fingerprint density at radius 3 is 2.23 bits per heavy atom. The minimum atomic E-state index is -4.60. The van der Waals surface area contributed by atoms with E-state index in [2.05, 4.69) is 15.3 Å². The van der Waals surface area contributed by atoms with E-state index in [0.29, 0.717) is 18.5 Å². The highest BCUT2D eigenvalue weighted by Gasteiger charge is 2.33. The second-order valence-electron chi connectivity index (χ2n) is 5.63. The van der Waals surface area contributed by atoms with E-state index >= 15 is 0 Å². The Morgan fingerprint density at radius 1 is 0.885 bits per heavy atom. The summed E-state index contributed by atoms with van der Waals surface area (Å²) in [6.07, 6.45) is -3.99. The van der Waals surface area contributed by atoms with Gasteiger partial charge in [0.1, 0.15) is 5.82 Å². The van der Waals surface area contributed by atoms with Crippen LogP contribution in [0.1, 0.15) is 11.3 Å². The van der Waals surface area contributed by atoms with E-state index in [1.54, 1.807) is 0 Å². The second-order valence-corrected chi connectivity index (χ2v) is 5.63.